The third kappa shape index (κ3) is 4.82. The molecule has 0 bridgehead atoms. The molecule has 4 atom stereocenters. The molecule has 1 aromatic heterocycles. The number of nitrogen functional groups attached to an aromatic ring is 1. The summed E-state index contributed by atoms with van der Waals surface area (Å²) in [5, 5.41) is 10.2. The van der Waals surface area contributed by atoms with Gasteiger partial charge in [-0.1, -0.05) is 11.6 Å². The SMILES string of the molecule is N#C[C@@H]1CCCN(c2nc(OCC34CCCN3C[C@H](F)C4)nc3c2COC2(CCCc4c(Cl)cc(N)cc42)C3)CC1. The van der Waals surface area contributed by atoms with Crippen molar-refractivity contribution < 1.29 is 13.9 Å². The number of nitrogens with two attached hydrogens (primary N) is 1. The van der Waals surface area contributed by atoms with Crippen molar-refractivity contribution in [3.8, 4) is 12.1 Å². The fourth-order valence-corrected chi connectivity index (χ4v) is 8.39. The standard InChI is InChI=1S/C31H38ClFN6O2/c32-26-13-22(35)12-25-23(26)5-1-8-31(25)15-27-24(18-41-31)28(38-9-2-4-20(16-34)6-11-38)37-29(36-27)40-19-30-7-3-10-39(30)17-21(33)14-30/h12-13,20-21H,1-11,14-15,17-19,35H2/t20-,21-,30?,31?/m1/s1. The number of anilines is 2. The van der Waals surface area contributed by atoms with E-state index in [4.69, 9.17) is 36.8 Å². The number of hydrogen-bond acceptors (Lipinski definition) is 8. The van der Waals surface area contributed by atoms with Gasteiger partial charge in [0.05, 0.1) is 29.5 Å². The fourth-order valence-electron chi connectivity index (χ4n) is 8.07. The van der Waals surface area contributed by atoms with Gasteiger partial charge in [0.25, 0.3) is 0 Å². The van der Waals surface area contributed by atoms with Crippen molar-refractivity contribution in [2.24, 2.45) is 5.92 Å². The average molecular weight is 581 g/mol. The Kier molecular flexibility index (Phi) is 7.00. The molecule has 218 valence electrons. The van der Waals surface area contributed by atoms with Crippen LogP contribution in [0.3, 0.4) is 0 Å². The summed E-state index contributed by atoms with van der Waals surface area (Å²) < 4.78 is 27.6. The number of nitriles is 1. The van der Waals surface area contributed by atoms with E-state index in [1.54, 1.807) is 0 Å². The molecule has 0 saturated carbocycles. The normalized spacial score (nSPS) is 31.3. The van der Waals surface area contributed by atoms with Crippen molar-refractivity contribution in [3.63, 3.8) is 0 Å². The Labute approximate surface area is 246 Å². The van der Waals surface area contributed by atoms with Crippen LogP contribution in [0, 0.1) is 17.2 Å². The minimum Gasteiger partial charge on any atom is -0.461 e. The highest BCUT2D eigenvalue weighted by Crippen LogP contribution is 2.48. The van der Waals surface area contributed by atoms with Gasteiger partial charge in [-0.3, -0.25) is 4.90 Å². The van der Waals surface area contributed by atoms with Crippen molar-refractivity contribution in [1.29, 1.82) is 5.26 Å². The Hall–Kier alpha value is -2.67. The van der Waals surface area contributed by atoms with Crippen molar-refractivity contribution in [1.82, 2.24) is 14.9 Å². The quantitative estimate of drug-likeness (QED) is 0.499. The van der Waals surface area contributed by atoms with Crippen LogP contribution in [0.15, 0.2) is 12.1 Å². The average Bonchev–Trinajstić information content (AvgIpc) is 3.36. The first-order chi connectivity index (χ1) is 19.9. The maximum Gasteiger partial charge on any atom is 0.318 e. The van der Waals surface area contributed by atoms with Gasteiger partial charge in [-0.2, -0.15) is 15.2 Å². The molecule has 7 rings (SSSR count). The zero-order valence-corrected chi connectivity index (χ0v) is 24.3. The van der Waals surface area contributed by atoms with Gasteiger partial charge >= 0.3 is 6.01 Å². The monoisotopic (exact) mass is 580 g/mol. The lowest BCUT2D eigenvalue weighted by atomic mass is 9.74. The number of aromatic nitrogens is 2. The van der Waals surface area contributed by atoms with Crippen LogP contribution in [0.25, 0.3) is 0 Å². The zero-order valence-electron chi connectivity index (χ0n) is 23.5. The van der Waals surface area contributed by atoms with Gasteiger partial charge in [0.15, 0.2) is 0 Å². The van der Waals surface area contributed by atoms with Gasteiger partial charge < -0.3 is 20.1 Å². The Morgan fingerprint density at radius 2 is 2.05 bits per heavy atom. The summed E-state index contributed by atoms with van der Waals surface area (Å²) in [5.41, 5.74) is 10.2. The molecule has 1 aliphatic carbocycles. The van der Waals surface area contributed by atoms with Crippen LogP contribution in [0.4, 0.5) is 15.9 Å². The van der Waals surface area contributed by atoms with E-state index in [2.05, 4.69) is 15.9 Å². The van der Waals surface area contributed by atoms with Crippen LogP contribution in [0.2, 0.25) is 5.02 Å². The van der Waals surface area contributed by atoms with E-state index in [0.29, 0.717) is 49.3 Å². The lowest BCUT2D eigenvalue weighted by molar-refractivity contribution is -0.0855. The molecule has 41 heavy (non-hydrogen) atoms. The van der Waals surface area contributed by atoms with E-state index >= 15 is 0 Å². The topological polar surface area (TPSA) is 101 Å². The predicted octanol–water partition coefficient (Wildman–Crippen LogP) is 5.10. The highest BCUT2D eigenvalue weighted by Gasteiger charge is 2.50. The molecular formula is C31H38ClFN6O2. The summed E-state index contributed by atoms with van der Waals surface area (Å²) >= 11 is 6.66. The van der Waals surface area contributed by atoms with E-state index in [9.17, 15) is 9.65 Å². The first kappa shape index (κ1) is 27.2. The summed E-state index contributed by atoms with van der Waals surface area (Å²) in [4.78, 5) is 14.5. The van der Waals surface area contributed by atoms with Crippen molar-refractivity contribution >= 4 is 23.1 Å². The molecule has 3 saturated heterocycles. The van der Waals surface area contributed by atoms with Gasteiger partial charge in [-0.15, -0.1) is 0 Å². The second kappa shape index (κ2) is 10.6. The van der Waals surface area contributed by atoms with E-state index in [-0.39, 0.29) is 11.5 Å². The third-order valence-electron chi connectivity index (χ3n) is 10.2. The molecular weight excluding hydrogens is 543 g/mol. The highest BCUT2D eigenvalue weighted by atomic mass is 35.5. The van der Waals surface area contributed by atoms with Gasteiger partial charge in [-0.25, -0.2) is 4.39 Å². The van der Waals surface area contributed by atoms with Crippen LogP contribution in [-0.2, 0) is 29.8 Å². The van der Waals surface area contributed by atoms with E-state index in [0.717, 1.165) is 99.2 Å². The molecule has 3 fully saturated rings. The summed E-state index contributed by atoms with van der Waals surface area (Å²) in [6, 6.07) is 6.65. The molecule has 4 aliphatic heterocycles. The van der Waals surface area contributed by atoms with Crippen LogP contribution in [0.1, 0.15) is 73.8 Å². The van der Waals surface area contributed by atoms with Crippen LogP contribution >= 0.6 is 11.6 Å². The minimum absolute atomic E-state index is 0.0605. The molecule has 2 aromatic rings. The first-order valence-electron chi connectivity index (χ1n) is 15.2. The van der Waals surface area contributed by atoms with E-state index in [1.807, 2.05) is 12.1 Å². The number of alkyl halides is 1. The van der Waals surface area contributed by atoms with E-state index < -0.39 is 11.8 Å². The first-order valence-corrected chi connectivity index (χ1v) is 15.5. The third-order valence-corrected chi connectivity index (χ3v) is 10.5. The van der Waals surface area contributed by atoms with Gasteiger partial charge in [0, 0.05) is 54.7 Å². The summed E-state index contributed by atoms with van der Waals surface area (Å²) in [7, 11) is 0. The van der Waals surface area contributed by atoms with Crippen molar-refractivity contribution in [2.75, 3.05) is 43.4 Å². The smallest absolute Gasteiger partial charge is 0.318 e. The summed E-state index contributed by atoms with van der Waals surface area (Å²) in [6.45, 7) is 3.75. The molecule has 2 unspecified atom stereocenters. The Morgan fingerprint density at radius 3 is 2.93 bits per heavy atom. The lowest BCUT2D eigenvalue weighted by Crippen LogP contribution is -2.44. The van der Waals surface area contributed by atoms with Crippen molar-refractivity contribution in [3.05, 3.63) is 39.5 Å². The number of hydrogen-bond donors (Lipinski definition) is 1. The van der Waals surface area contributed by atoms with Crippen LogP contribution in [0.5, 0.6) is 6.01 Å². The largest absolute Gasteiger partial charge is 0.461 e. The summed E-state index contributed by atoms with van der Waals surface area (Å²) in [5.74, 6) is 0.904. The fraction of sp³-hybridized carbons (Fsp3) is 0.645. The number of halogens is 2. The molecule has 1 spiro atoms. The molecule has 10 heteroatoms. The van der Waals surface area contributed by atoms with E-state index in [1.165, 1.54) is 0 Å². The summed E-state index contributed by atoms with van der Waals surface area (Å²) in [6.07, 6.45) is 7.62. The Balaban J connectivity index is 1.25. The number of benzene rings is 1. The minimum atomic E-state index is -0.813. The van der Waals surface area contributed by atoms with Gasteiger partial charge in [0.2, 0.25) is 0 Å². The highest BCUT2D eigenvalue weighted by molar-refractivity contribution is 6.31. The number of ether oxygens (including phenoxy) is 2. The maximum absolute atomic E-state index is 14.4. The van der Waals surface area contributed by atoms with Gasteiger partial charge in [-0.05, 0) is 81.2 Å². The molecule has 5 aliphatic rings. The van der Waals surface area contributed by atoms with Gasteiger partial charge in [0.1, 0.15) is 18.6 Å². The van der Waals surface area contributed by atoms with Crippen LogP contribution in [-0.4, -0.2) is 59.4 Å². The second-order valence-electron chi connectivity index (χ2n) is 12.7. The Bertz CT molecular complexity index is 1390. The number of nitrogens with zero attached hydrogens (tertiary/aromatic N) is 5. The molecule has 2 N–H and O–H groups in total. The Morgan fingerprint density at radius 1 is 1.15 bits per heavy atom. The van der Waals surface area contributed by atoms with Crippen LogP contribution < -0.4 is 15.4 Å². The molecule has 5 heterocycles. The number of fused-ring (bicyclic) bond motifs is 4. The molecule has 0 amide bonds. The second-order valence-corrected chi connectivity index (χ2v) is 13.1. The lowest BCUT2D eigenvalue weighted by Gasteiger charge is -2.43. The molecule has 1 aromatic carbocycles. The van der Waals surface area contributed by atoms with Crippen molar-refractivity contribution in [2.45, 2.75) is 88.1 Å². The number of rotatable bonds is 4. The molecule has 0 radical (unpaired) electrons. The zero-order chi connectivity index (χ0) is 28.2. The predicted molar refractivity (Wildman–Crippen MR) is 155 cm³/mol. The maximum atomic E-state index is 14.4. The molecule has 8 nitrogen and oxygen atoms in total.